The van der Waals surface area contributed by atoms with Crippen LogP contribution in [0, 0.1) is 0 Å². The third-order valence-electron chi connectivity index (χ3n) is 8.25. The van der Waals surface area contributed by atoms with E-state index in [2.05, 4.69) is 9.88 Å². The third kappa shape index (κ3) is 6.75. The van der Waals surface area contributed by atoms with Gasteiger partial charge in [0, 0.05) is 68.7 Å². The fraction of sp³-hybridized carbons (Fsp3) is 0.452. The number of hydrogen-bond acceptors (Lipinski definition) is 6. The molecule has 0 unspecified atom stereocenters. The van der Waals surface area contributed by atoms with Crippen LogP contribution in [-0.2, 0) is 17.1 Å². The molecule has 2 aromatic heterocycles. The van der Waals surface area contributed by atoms with Gasteiger partial charge in [-0.1, -0.05) is 31.5 Å². The second-order valence-corrected chi connectivity index (χ2v) is 12.0. The SMILES string of the molecule is CCC[C@H]1N(C(=O)c2cnccc2C(F)(F)F)CCC[C@@]1(Oc1csc(C(F)(F)F)c1)C(=O)N1CCN(c2ccccc2)CC1. The minimum atomic E-state index is -4.84. The number of carbonyl (C=O) groups excluding carboxylic acids is 2. The summed E-state index contributed by atoms with van der Waals surface area (Å²) < 4.78 is 88.6. The molecule has 0 N–H and O–H groups in total. The monoisotopic (exact) mass is 654 g/mol. The number of carbonyl (C=O) groups is 2. The van der Waals surface area contributed by atoms with Gasteiger partial charge in [0.05, 0.1) is 17.2 Å². The minimum absolute atomic E-state index is 0.0350. The topological polar surface area (TPSA) is 66.0 Å². The molecule has 1 aromatic carbocycles. The number of amides is 2. The number of piperazine rings is 1. The molecule has 242 valence electrons. The summed E-state index contributed by atoms with van der Waals surface area (Å²) in [6, 6.07) is 10.1. The fourth-order valence-electron chi connectivity index (χ4n) is 6.18. The lowest BCUT2D eigenvalue weighted by Gasteiger charge is -2.50. The standard InChI is InChI=1S/C31H32F6N4O3S/c1-2-7-25-29(44-22-18-26(45-20-22)31(35,36)37,28(43)40-16-14-39(15-17-40)21-8-4-3-5-9-21)11-6-13-41(25)27(42)23-19-38-12-10-24(23)30(32,33)34/h3-5,8-10,12,18-20,25H,2,6-7,11,13-17H2,1H3/t25-,29+/m1/s1. The third-order valence-corrected chi connectivity index (χ3v) is 9.20. The maximum absolute atomic E-state index is 14.6. The van der Waals surface area contributed by atoms with Gasteiger partial charge in [0.15, 0.2) is 0 Å². The van der Waals surface area contributed by atoms with Crippen LogP contribution in [0.25, 0.3) is 0 Å². The Morgan fingerprint density at radius 3 is 2.33 bits per heavy atom. The molecule has 0 aliphatic carbocycles. The van der Waals surface area contributed by atoms with Crippen molar-refractivity contribution >= 4 is 28.8 Å². The first-order valence-corrected chi connectivity index (χ1v) is 15.5. The molecule has 4 heterocycles. The van der Waals surface area contributed by atoms with Gasteiger partial charge in [-0.3, -0.25) is 14.6 Å². The number of nitrogens with zero attached hydrogens (tertiary/aromatic N) is 4. The van der Waals surface area contributed by atoms with Crippen LogP contribution in [-0.4, -0.2) is 71.0 Å². The van der Waals surface area contributed by atoms with Crippen LogP contribution in [0.3, 0.4) is 0 Å². The van der Waals surface area contributed by atoms with E-state index >= 15 is 0 Å². The number of alkyl halides is 6. The van der Waals surface area contributed by atoms with Crippen LogP contribution in [0.2, 0.25) is 0 Å². The van der Waals surface area contributed by atoms with Crippen molar-refractivity contribution in [3.05, 3.63) is 76.2 Å². The zero-order valence-electron chi connectivity index (χ0n) is 24.4. The highest BCUT2D eigenvalue weighted by molar-refractivity contribution is 7.10. The molecule has 2 aliphatic rings. The van der Waals surface area contributed by atoms with Crippen molar-refractivity contribution in [1.29, 1.82) is 0 Å². The predicted molar refractivity (Wildman–Crippen MR) is 156 cm³/mol. The van der Waals surface area contributed by atoms with E-state index in [9.17, 15) is 35.9 Å². The summed E-state index contributed by atoms with van der Waals surface area (Å²) in [6.07, 6.45) is -6.84. The summed E-state index contributed by atoms with van der Waals surface area (Å²) in [5.74, 6) is -1.66. The van der Waals surface area contributed by atoms with Gasteiger partial charge in [0.1, 0.15) is 10.6 Å². The molecule has 2 fully saturated rings. The Hall–Kier alpha value is -3.81. The van der Waals surface area contributed by atoms with E-state index in [1.807, 2.05) is 30.3 Å². The zero-order chi connectivity index (χ0) is 32.4. The minimum Gasteiger partial charge on any atom is -0.474 e. The van der Waals surface area contributed by atoms with E-state index in [1.165, 1.54) is 4.90 Å². The molecule has 3 aromatic rings. The lowest BCUT2D eigenvalue weighted by Crippen LogP contribution is -2.69. The van der Waals surface area contributed by atoms with Gasteiger partial charge >= 0.3 is 12.4 Å². The molecule has 7 nitrogen and oxygen atoms in total. The molecule has 0 spiro atoms. The normalized spacial score (nSPS) is 21.1. The lowest BCUT2D eigenvalue weighted by molar-refractivity contribution is -0.159. The van der Waals surface area contributed by atoms with Crippen LogP contribution < -0.4 is 9.64 Å². The highest BCUT2D eigenvalue weighted by Crippen LogP contribution is 2.42. The number of benzene rings is 1. The van der Waals surface area contributed by atoms with Crippen LogP contribution in [0.1, 0.15) is 53.4 Å². The molecule has 2 amide bonds. The molecule has 0 bridgehead atoms. The van der Waals surface area contributed by atoms with Gasteiger partial charge in [0.25, 0.3) is 11.8 Å². The van der Waals surface area contributed by atoms with E-state index in [0.717, 1.165) is 35.6 Å². The summed E-state index contributed by atoms with van der Waals surface area (Å²) in [6.45, 7) is 3.35. The summed E-state index contributed by atoms with van der Waals surface area (Å²) in [5, 5.41) is 1.16. The first-order chi connectivity index (χ1) is 21.3. The molecule has 14 heteroatoms. The first-order valence-electron chi connectivity index (χ1n) is 14.6. The van der Waals surface area contributed by atoms with Crippen molar-refractivity contribution in [2.75, 3.05) is 37.6 Å². The molecular weight excluding hydrogens is 622 g/mol. The van der Waals surface area contributed by atoms with E-state index in [0.29, 0.717) is 30.8 Å². The molecule has 45 heavy (non-hydrogen) atoms. The average Bonchev–Trinajstić information content (AvgIpc) is 3.50. The molecule has 2 atom stereocenters. The maximum Gasteiger partial charge on any atom is 0.425 e. The smallest absolute Gasteiger partial charge is 0.425 e. The van der Waals surface area contributed by atoms with Crippen molar-refractivity contribution in [2.24, 2.45) is 0 Å². The number of ether oxygens (including phenoxy) is 1. The van der Waals surface area contributed by atoms with Gasteiger partial charge in [-0.15, -0.1) is 11.3 Å². The van der Waals surface area contributed by atoms with E-state index in [1.54, 1.807) is 11.8 Å². The average molecular weight is 655 g/mol. The second-order valence-electron chi connectivity index (χ2n) is 11.1. The number of hydrogen-bond donors (Lipinski definition) is 0. The highest BCUT2D eigenvalue weighted by atomic mass is 32.1. The number of likely N-dealkylation sites (tertiary alicyclic amines) is 1. The number of aromatic nitrogens is 1. The van der Waals surface area contributed by atoms with Crippen LogP contribution in [0.4, 0.5) is 32.0 Å². The first kappa shape index (κ1) is 32.6. The Labute approximate surface area is 260 Å². The Bertz CT molecular complexity index is 1490. The summed E-state index contributed by atoms with van der Waals surface area (Å²) in [7, 11) is 0. The van der Waals surface area contributed by atoms with E-state index in [4.69, 9.17) is 4.74 Å². The Kier molecular flexibility index (Phi) is 9.33. The van der Waals surface area contributed by atoms with Crippen LogP contribution in [0.5, 0.6) is 5.75 Å². The lowest BCUT2D eigenvalue weighted by atomic mass is 9.79. The maximum atomic E-state index is 14.6. The number of piperidine rings is 1. The van der Waals surface area contributed by atoms with Crippen molar-refractivity contribution in [2.45, 2.75) is 56.6 Å². The highest BCUT2D eigenvalue weighted by Gasteiger charge is 2.56. The number of halogens is 6. The Morgan fingerprint density at radius 2 is 1.71 bits per heavy atom. The van der Waals surface area contributed by atoms with Crippen LogP contribution in [0.15, 0.2) is 60.2 Å². The number of pyridine rings is 1. The van der Waals surface area contributed by atoms with E-state index < -0.39 is 51.8 Å². The number of para-hydroxylation sites is 1. The quantitative estimate of drug-likeness (QED) is 0.264. The van der Waals surface area contributed by atoms with E-state index in [-0.39, 0.29) is 44.6 Å². The summed E-state index contributed by atoms with van der Waals surface area (Å²) in [4.78, 5) is 36.2. The number of rotatable bonds is 7. The van der Waals surface area contributed by atoms with Crippen molar-refractivity contribution in [3.8, 4) is 5.75 Å². The van der Waals surface area contributed by atoms with Gasteiger partial charge in [-0.05, 0) is 31.0 Å². The number of thiophene rings is 1. The molecule has 0 saturated carbocycles. The largest absolute Gasteiger partial charge is 0.474 e. The summed E-state index contributed by atoms with van der Waals surface area (Å²) in [5.41, 5.74) is -2.68. The predicted octanol–water partition coefficient (Wildman–Crippen LogP) is 6.75. The molecule has 2 saturated heterocycles. The zero-order valence-corrected chi connectivity index (χ0v) is 25.2. The van der Waals surface area contributed by atoms with Crippen LogP contribution >= 0.6 is 11.3 Å². The van der Waals surface area contributed by atoms with Gasteiger partial charge in [-0.25, -0.2) is 0 Å². The molecule has 2 aliphatic heterocycles. The number of anilines is 1. The Balaban J connectivity index is 1.52. The van der Waals surface area contributed by atoms with Gasteiger partial charge in [-0.2, -0.15) is 26.3 Å². The van der Waals surface area contributed by atoms with Crippen molar-refractivity contribution < 1.29 is 40.7 Å². The second kappa shape index (κ2) is 12.9. The van der Waals surface area contributed by atoms with Gasteiger partial charge in [0.2, 0.25) is 5.60 Å². The van der Waals surface area contributed by atoms with Crippen molar-refractivity contribution in [3.63, 3.8) is 0 Å². The van der Waals surface area contributed by atoms with Gasteiger partial charge < -0.3 is 19.4 Å². The molecule has 5 rings (SSSR count). The molecular formula is C31H32F6N4O3S. The summed E-state index contributed by atoms with van der Waals surface area (Å²) >= 11 is 0.417. The fourth-order valence-corrected chi connectivity index (χ4v) is 6.85. The molecule has 0 radical (unpaired) electrons. The Morgan fingerprint density at radius 1 is 1.00 bits per heavy atom. The van der Waals surface area contributed by atoms with Crippen molar-refractivity contribution in [1.82, 2.24) is 14.8 Å².